The monoisotopic (exact) mass is 588 g/mol. The summed E-state index contributed by atoms with van der Waals surface area (Å²) >= 11 is 6.16. The van der Waals surface area contributed by atoms with Crippen LogP contribution < -0.4 is 15.8 Å². The van der Waals surface area contributed by atoms with Crippen molar-refractivity contribution in [1.29, 1.82) is 0 Å². The molecule has 0 bridgehead atoms. The first kappa shape index (κ1) is 28.0. The Bertz CT molecular complexity index is 1650. The molecule has 9 nitrogen and oxygen atoms in total. The van der Waals surface area contributed by atoms with E-state index in [-0.39, 0.29) is 33.6 Å². The lowest BCUT2D eigenvalue weighted by Crippen LogP contribution is -2.37. The van der Waals surface area contributed by atoms with Gasteiger partial charge in [0.2, 0.25) is 11.6 Å². The number of nitrogens with two attached hydrogens (primary N) is 1. The van der Waals surface area contributed by atoms with E-state index in [0.717, 1.165) is 35.9 Å². The molecule has 5 rings (SSSR count). The van der Waals surface area contributed by atoms with Gasteiger partial charge >= 0.3 is 6.18 Å². The lowest BCUT2D eigenvalue weighted by molar-refractivity contribution is -0.614. The molecule has 2 heterocycles. The molecule has 1 unspecified atom stereocenters. The zero-order chi connectivity index (χ0) is 29.5. The Hall–Kier alpha value is -4.52. The standard InChI is InChI=1S/C27H21ClF4N6O3/c28-16-4-8-22(37-13-24(35-36-37)27(30,31)32)19(10-16)15-3-7-23(38(41)12-15)20(9-14-1-2-14)26(40)34-17-5-6-18(25(33)39)21(29)11-17/h3-8,10-14,20H,1-2,9H2,(H2,33,39)(H,34,40). The van der Waals surface area contributed by atoms with Crippen LogP contribution in [0.2, 0.25) is 5.02 Å². The molecule has 14 heteroatoms. The minimum Gasteiger partial charge on any atom is -0.618 e. The summed E-state index contributed by atoms with van der Waals surface area (Å²) in [5, 5.41) is 22.9. The largest absolute Gasteiger partial charge is 0.618 e. The summed E-state index contributed by atoms with van der Waals surface area (Å²) in [5.41, 5.74) is 4.62. The number of carbonyl (C=O) groups excluding carboxylic acids is 2. The second-order valence-corrected chi connectivity index (χ2v) is 10.1. The van der Waals surface area contributed by atoms with E-state index >= 15 is 0 Å². The second kappa shape index (κ2) is 10.8. The maximum Gasteiger partial charge on any atom is 0.436 e. The molecule has 3 N–H and O–H groups in total. The summed E-state index contributed by atoms with van der Waals surface area (Å²) in [6, 6.07) is 10.8. The third kappa shape index (κ3) is 6.14. The van der Waals surface area contributed by atoms with Crippen molar-refractivity contribution in [3.8, 4) is 16.8 Å². The summed E-state index contributed by atoms with van der Waals surface area (Å²) in [7, 11) is 0. The number of hydrogen-bond acceptors (Lipinski definition) is 5. The molecule has 0 radical (unpaired) electrons. The number of alkyl halides is 3. The molecular formula is C27H21ClF4N6O3. The first-order valence-electron chi connectivity index (χ1n) is 12.3. The van der Waals surface area contributed by atoms with Gasteiger partial charge in [-0.25, -0.2) is 9.07 Å². The number of hydrogen-bond donors (Lipinski definition) is 2. The van der Waals surface area contributed by atoms with E-state index in [1.165, 1.54) is 36.5 Å². The van der Waals surface area contributed by atoms with Gasteiger partial charge in [0.1, 0.15) is 11.7 Å². The lowest BCUT2D eigenvalue weighted by Gasteiger charge is -2.18. The van der Waals surface area contributed by atoms with Crippen LogP contribution >= 0.6 is 11.6 Å². The fourth-order valence-corrected chi connectivity index (χ4v) is 4.62. The normalized spacial score (nSPS) is 14.1. The average molecular weight is 589 g/mol. The van der Waals surface area contributed by atoms with Gasteiger partial charge in [0.05, 0.1) is 17.4 Å². The van der Waals surface area contributed by atoms with E-state index in [2.05, 4.69) is 15.6 Å². The van der Waals surface area contributed by atoms with E-state index in [4.69, 9.17) is 17.3 Å². The second-order valence-electron chi connectivity index (χ2n) is 9.66. The Morgan fingerprint density at radius 1 is 1.17 bits per heavy atom. The van der Waals surface area contributed by atoms with Crippen molar-refractivity contribution < 1.29 is 31.9 Å². The van der Waals surface area contributed by atoms with E-state index in [9.17, 15) is 32.4 Å². The van der Waals surface area contributed by atoms with Crippen molar-refractivity contribution in [2.45, 2.75) is 31.4 Å². The summed E-state index contributed by atoms with van der Waals surface area (Å²) in [6.45, 7) is 0. The highest BCUT2D eigenvalue weighted by atomic mass is 35.5. The summed E-state index contributed by atoms with van der Waals surface area (Å²) in [5.74, 6) is -3.06. The van der Waals surface area contributed by atoms with Crippen LogP contribution in [0.3, 0.4) is 0 Å². The third-order valence-corrected chi connectivity index (χ3v) is 6.92. The molecule has 1 fully saturated rings. The highest BCUT2D eigenvalue weighted by molar-refractivity contribution is 6.31. The van der Waals surface area contributed by atoms with E-state index in [1.807, 2.05) is 0 Å². The van der Waals surface area contributed by atoms with Gasteiger partial charge in [-0.1, -0.05) is 29.7 Å². The Kier molecular flexibility index (Phi) is 7.39. The molecule has 1 aliphatic carbocycles. The van der Waals surface area contributed by atoms with E-state index in [1.54, 1.807) is 6.07 Å². The summed E-state index contributed by atoms with van der Waals surface area (Å²) < 4.78 is 55.0. The summed E-state index contributed by atoms with van der Waals surface area (Å²) in [4.78, 5) is 24.6. The number of rotatable bonds is 8. The van der Waals surface area contributed by atoms with Crippen molar-refractivity contribution >= 4 is 29.1 Å². The van der Waals surface area contributed by atoms with Crippen LogP contribution in [0.1, 0.15) is 46.9 Å². The molecule has 2 aromatic carbocycles. The molecule has 1 saturated carbocycles. The number of nitrogens with one attached hydrogen (secondary N) is 1. The van der Waals surface area contributed by atoms with Crippen molar-refractivity contribution in [2.75, 3.05) is 5.32 Å². The molecule has 4 aromatic rings. The van der Waals surface area contributed by atoms with E-state index in [0.29, 0.717) is 22.3 Å². The fraction of sp³-hybridized carbons (Fsp3) is 0.222. The molecule has 0 saturated heterocycles. The number of carbonyl (C=O) groups is 2. The number of halogens is 5. The zero-order valence-corrected chi connectivity index (χ0v) is 21.8. The van der Waals surface area contributed by atoms with Crippen molar-refractivity contribution in [1.82, 2.24) is 15.0 Å². The molecule has 1 aliphatic rings. The minimum atomic E-state index is -4.70. The van der Waals surface area contributed by atoms with Gasteiger partial charge in [0.15, 0.2) is 11.9 Å². The Balaban J connectivity index is 1.46. The molecule has 0 aliphatic heterocycles. The molecule has 212 valence electrons. The predicted octanol–water partition coefficient (Wildman–Crippen LogP) is 5.00. The van der Waals surface area contributed by atoms with Gasteiger partial charge in [-0.05, 0) is 54.8 Å². The van der Waals surface area contributed by atoms with Crippen LogP contribution in [0.5, 0.6) is 0 Å². The highest BCUT2D eigenvalue weighted by Gasteiger charge is 2.36. The Morgan fingerprint density at radius 3 is 2.54 bits per heavy atom. The topological polar surface area (TPSA) is 130 Å². The quantitative estimate of drug-likeness (QED) is 0.170. The minimum absolute atomic E-state index is 0.0852. The van der Waals surface area contributed by atoms with Gasteiger partial charge in [0, 0.05) is 27.9 Å². The maximum atomic E-state index is 14.2. The van der Waals surface area contributed by atoms with Crippen LogP contribution in [0.15, 0.2) is 60.9 Å². The van der Waals surface area contributed by atoms with Crippen molar-refractivity contribution in [3.05, 3.63) is 93.9 Å². The van der Waals surface area contributed by atoms with Crippen molar-refractivity contribution in [2.24, 2.45) is 11.7 Å². The van der Waals surface area contributed by atoms with Gasteiger partial charge in [0.25, 0.3) is 5.91 Å². The molecule has 41 heavy (non-hydrogen) atoms. The zero-order valence-electron chi connectivity index (χ0n) is 21.0. The summed E-state index contributed by atoms with van der Waals surface area (Å²) in [6.07, 6.45) is -0.616. The van der Waals surface area contributed by atoms with Crippen LogP contribution in [-0.2, 0) is 11.0 Å². The van der Waals surface area contributed by atoms with Gasteiger partial charge in [-0.3, -0.25) is 9.59 Å². The number of primary amides is 1. The maximum absolute atomic E-state index is 14.2. The third-order valence-electron chi connectivity index (χ3n) is 6.69. The number of benzene rings is 2. The van der Waals surface area contributed by atoms with Gasteiger partial charge in [-0.15, -0.1) is 5.10 Å². The Morgan fingerprint density at radius 2 is 1.93 bits per heavy atom. The number of pyridine rings is 1. The highest BCUT2D eigenvalue weighted by Crippen LogP contribution is 2.39. The smallest absolute Gasteiger partial charge is 0.436 e. The Labute approximate surface area is 235 Å². The number of anilines is 1. The number of amides is 2. The predicted molar refractivity (Wildman–Crippen MR) is 139 cm³/mol. The van der Waals surface area contributed by atoms with Gasteiger partial charge < -0.3 is 16.3 Å². The molecular weight excluding hydrogens is 568 g/mol. The van der Waals surface area contributed by atoms with E-state index < -0.39 is 35.4 Å². The first-order chi connectivity index (χ1) is 19.4. The first-order valence-corrected chi connectivity index (χ1v) is 12.7. The van der Waals surface area contributed by atoms with Gasteiger partial charge in [-0.2, -0.15) is 17.9 Å². The van der Waals surface area contributed by atoms with Crippen LogP contribution in [0, 0.1) is 16.9 Å². The molecule has 2 amide bonds. The van der Waals surface area contributed by atoms with Crippen molar-refractivity contribution in [3.63, 3.8) is 0 Å². The fourth-order valence-electron chi connectivity index (χ4n) is 4.44. The van der Waals surface area contributed by atoms with Crippen LogP contribution in [-0.4, -0.2) is 26.8 Å². The lowest BCUT2D eigenvalue weighted by atomic mass is 9.95. The number of nitrogens with zero attached hydrogens (tertiary/aromatic N) is 4. The van der Waals surface area contributed by atoms with Crippen LogP contribution in [0.25, 0.3) is 16.8 Å². The average Bonchev–Trinajstić information content (AvgIpc) is 3.58. The van der Waals surface area contributed by atoms with Crippen LogP contribution in [0.4, 0.5) is 23.2 Å². The molecule has 0 spiro atoms. The number of aromatic nitrogens is 4. The molecule has 2 aromatic heterocycles. The molecule has 1 atom stereocenters. The SMILES string of the molecule is NC(=O)c1ccc(NC(=O)C(CC2CC2)c2ccc(-c3cc(Cl)ccc3-n3cc(C(F)(F)F)nn3)c[n+]2[O-])cc1F.